The average Bonchev–Trinajstić information content (AvgIpc) is 2.45. The molecule has 0 saturated carbocycles. The van der Waals surface area contributed by atoms with Crippen LogP contribution < -0.4 is 14.9 Å². The molecule has 7 heteroatoms. The predicted molar refractivity (Wildman–Crippen MR) is 73.5 cm³/mol. The van der Waals surface area contributed by atoms with E-state index in [9.17, 15) is 8.78 Å². The normalized spacial score (nSPS) is 10.3. The SMILES string of the molecule is COc1ccc(COc2ccc(B(O)O)c(F)c2)c(F)c1. The van der Waals surface area contributed by atoms with Gasteiger partial charge in [0, 0.05) is 23.2 Å². The third-order valence-corrected chi connectivity index (χ3v) is 2.90. The highest BCUT2D eigenvalue weighted by Gasteiger charge is 2.16. The third-order valence-electron chi connectivity index (χ3n) is 2.90. The minimum absolute atomic E-state index is 0.0870. The van der Waals surface area contributed by atoms with Gasteiger partial charge in [0.05, 0.1) is 7.11 Å². The zero-order valence-corrected chi connectivity index (χ0v) is 11.2. The van der Waals surface area contributed by atoms with Crippen molar-refractivity contribution >= 4 is 12.6 Å². The molecule has 110 valence electrons. The fourth-order valence-electron chi connectivity index (χ4n) is 1.74. The summed E-state index contributed by atoms with van der Waals surface area (Å²) in [6.07, 6.45) is 0. The first kappa shape index (κ1) is 15.3. The van der Waals surface area contributed by atoms with E-state index in [0.29, 0.717) is 11.3 Å². The molecule has 0 bridgehead atoms. The Bertz CT molecular complexity index is 634. The number of hydrogen-bond acceptors (Lipinski definition) is 4. The summed E-state index contributed by atoms with van der Waals surface area (Å²) in [5, 5.41) is 17.8. The Morgan fingerprint density at radius 2 is 1.67 bits per heavy atom. The Labute approximate surface area is 120 Å². The summed E-state index contributed by atoms with van der Waals surface area (Å²) < 4.78 is 37.4. The molecule has 2 aromatic rings. The molecule has 4 nitrogen and oxygen atoms in total. The summed E-state index contributed by atoms with van der Waals surface area (Å²) in [6, 6.07) is 7.91. The van der Waals surface area contributed by atoms with Crippen molar-refractivity contribution in [2.45, 2.75) is 6.61 Å². The summed E-state index contributed by atoms with van der Waals surface area (Å²) in [5.41, 5.74) is 0.0421. The maximum atomic E-state index is 13.7. The largest absolute Gasteiger partial charge is 0.497 e. The van der Waals surface area contributed by atoms with Gasteiger partial charge in [0.15, 0.2) is 0 Å². The van der Waals surface area contributed by atoms with Crippen LogP contribution in [0.3, 0.4) is 0 Å². The molecule has 2 aromatic carbocycles. The van der Waals surface area contributed by atoms with Gasteiger partial charge in [-0.3, -0.25) is 0 Å². The first-order valence-electron chi connectivity index (χ1n) is 6.12. The predicted octanol–water partition coefficient (Wildman–Crippen LogP) is 1.23. The molecule has 0 amide bonds. The number of ether oxygens (including phenoxy) is 2. The highest BCUT2D eigenvalue weighted by molar-refractivity contribution is 6.58. The number of halogens is 2. The summed E-state index contributed by atoms with van der Waals surface area (Å²) in [5.74, 6) is -0.745. The van der Waals surface area contributed by atoms with Crippen LogP contribution in [0.1, 0.15) is 5.56 Å². The molecule has 0 aliphatic carbocycles. The molecular formula is C14H13BF2O4. The minimum atomic E-state index is -1.89. The highest BCUT2D eigenvalue weighted by Crippen LogP contribution is 2.19. The maximum Gasteiger partial charge on any atom is 0.491 e. The lowest BCUT2D eigenvalue weighted by molar-refractivity contribution is 0.298. The van der Waals surface area contributed by atoms with Gasteiger partial charge in [-0.05, 0) is 18.2 Å². The molecule has 2 N–H and O–H groups in total. The molecule has 2 rings (SSSR count). The van der Waals surface area contributed by atoms with Gasteiger partial charge in [0.2, 0.25) is 0 Å². The van der Waals surface area contributed by atoms with Crippen LogP contribution >= 0.6 is 0 Å². The van der Waals surface area contributed by atoms with E-state index in [-0.39, 0.29) is 17.8 Å². The van der Waals surface area contributed by atoms with Crippen molar-refractivity contribution in [2.75, 3.05) is 7.11 Å². The van der Waals surface area contributed by atoms with Crippen LogP contribution in [0, 0.1) is 11.6 Å². The smallest absolute Gasteiger partial charge is 0.491 e. The molecule has 0 unspecified atom stereocenters. The van der Waals surface area contributed by atoms with Crippen LogP contribution in [0.15, 0.2) is 36.4 Å². The Morgan fingerprint density at radius 1 is 1.00 bits per heavy atom. The van der Waals surface area contributed by atoms with Crippen molar-refractivity contribution < 1.29 is 28.3 Å². The zero-order valence-electron chi connectivity index (χ0n) is 11.2. The number of hydrogen-bond donors (Lipinski definition) is 2. The molecule has 21 heavy (non-hydrogen) atoms. The van der Waals surface area contributed by atoms with E-state index < -0.39 is 18.8 Å². The van der Waals surface area contributed by atoms with E-state index in [4.69, 9.17) is 19.5 Å². The highest BCUT2D eigenvalue weighted by atomic mass is 19.1. The van der Waals surface area contributed by atoms with Crippen molar-refractivity contribution in [1.82, 2.24) is 0 Å². The van der Waals surface area contributed by atoms with Crippen molar-refractivity contribution in [2.24, 2.45) is 0 Å². The van der Waals surface area contributed by atoms with Gasteiger partial charge in [0.25, 0.3) is 0 Å². The lowest BCUT2D eigenvalue weighted by atomic mass is 9.80. The van der Waals surface area contributed by atoms with Crippen LogP contribution in [0.25, 0.3) is 0 Å². The lowest BCUT2D eigenvalue weighted by Crippen LogP contribution is -2.32. The van der Waals surface area contributed by atoms with Crippen LogP contribution in [-0.2, 0) is 6.61 Å². The van der Waals surface area contributed by atoms with Gasteiger partial charge in [-0.2, -0.15) is 0 Å². The monoisotopic (exact) mass is 294 g/mol. The number of methoxy groups -OCH3 is 1. The molecule has 0 aromatic heterocycles. The van der Waals surface area contributed by atoms with E-state index in [2.05, 4.69) is 0 Å². The van der Waals surface area contributed by atoms with Crippen LogP contribution in [0.5, 0.6) is 11.5 Å². The fraction of sp³-hybridized carbons (Fsp3) is 0.143. The van der Waals surface area contributed by atoms with Gasteiger partial charge in [-0.25, -0.2) is 8.78 Å². The molecule has 0 spiro atoms. The van der Waals surface area contributed by atoms with E-state index in [1.165, 1.54) is 31.4 Å². The van der Waals surface area contributed by atoms with Crippen molar-refractivity contribution in [3.8, 4) is 11.5 Å². The van der Waals surface area contributed by atoms with E-state index >= 15 is 0 Å². The Morgan fingerprint density at radius 3 is 2.24 bits per heavy atom. The van der Waals surface area contributed by atoms with Crippen molar-refractivity contribution in [3.63, 3.8) is 0 Å². The van der Waals surface area contributed by atoms with E-state index in [1.807, 2.05) is 0 Å². The zero-order chi connectivity index (χ0) is 15.4. The Hall–Kier alpha value is -2.12. The van der Waals surface area contributed by atoms with Gasteiger partial charge < -0.3 is 19.5 Å². The second kappa shape index (κ2) is 6.56. The molecule has 0 saturated heterocycles. The summed E-state index contributed by atoms with van der Waals surface area (Å²) in [7, 11) is -0.455. The van der Waals surface area contributed by atoms with E-state index in [1.54, 1.807) is 6.07 Å². The van der Waals surface area contributed by atoms with Gasteiger partial charge in [0.1, 0.15) is 29.7 Å². The fourth-order valence-corrected chi connectivity index (χ4v) is 1.74. The first-order chi connectivity index (χ1) is 10.0. The summed E-state index contributed by atoms with van der Waals surface area (Å²) >= 11 is 0. The molecule has 0 aliphatic rings. The van der Waals surface area contributed by atoms with Crippen LogP contribution in [-0.4, -0.2) is 24.3 Å². The minimum Gasteiger partial charge on any atom is -0.497 e. The molecule has 0 atom stereocenters. The van der Waals surface area contributed by atoms with Crippen LogP contribution in [0.4, 0.5) is 8.78 Å². The number of rotatable bonds is 5. The Kier molecular flexibility index (Phi) is 4.77. The molecule has 0 fully saturated rings. The Balaban J connectivity index is 2.08. The number of benzene rings is 2. The first-order valence-corrected chi connectivity index (χ1v) is 6.12. The topological polar surface area (TPSA) is 58.9 Å². The van der Waals surface area contributed by atoms with Gasteiger partial charge in [-0.1, -0.05) is 6.07 Å². The average molecular weight is 294 g/mol. The maximum absolute atomic E-state index is 13.7. The van der Waals surface area contributed by atoms with Gasteiger partial charge in [-0.15, -0.1) is 0 Å². The quantitative estimate of drug-likeness (QED) is 0.814. The summed E-state index contributed by atoms with van der Waals surface area (Å²) in [4.78, 5) is 0. The second-order valence-electron chi connectivity index (χ2n) is 4.30. The molecule has 0 aliphatic heterocycles. The van der Waals surface area contributed by atoms with Crippen molar-refractivity contribution in [1.29, 1.82) is 0 Å². The lowest BCUT2D eigenvalue weighted by Gasteiger charge is -2.09. The van der Waals surface area contributed by atoms with E-state index in [0.717, 1.165) is 6.07 Å². The molecule has 0 radical (unpaired) electrons. The third kappa shape index (κ3) is 3.71. The second-order valence-corrected chi connectivity index (χ2v) is 4.30. The molecular weight excluding hydrogens is 281 g/mol. The summed E-state index contributed by atoms with van der Waals surface area (Å²) in [6.45, 7) is -0.0870. The van der Waals surface area contributed by atoms with Gasteiger partial charge >= 0.3 is 7.12 Å². The standard InChI is InChI=1S/C14H13BF2O4/c1-20-10-3-2-9(13(16)6-10)8-21-11-4-5-12(15(18)19)14(17)7-11/h2-7,18-19H,8H2,1H3. The molecule has 0 heterocycles. The van der Waals surface area contributed by atoms with Crippen LogP contribution in [0.2, 0.25) is 0 Å². The van der Waals surface area contributed by atoms with Crippen molar-refractivity contribution in [3.05, 3.63) is 53.6 Å².